The van der Waals surface area contributed by atoms with E-state index in [4.69, 9.17) is 15.1 Å². The Morgan fingerprint density at radius 1 is 1.18 bits per heavy atom. The summed E-state index contributed by atoms with van der Waals surface area (Å²) in [6.45, 7) is 19.4. The zero-order valence-electron chi connectivity index (χ0n) is 25.3. The highest BCUT2D eigenvalue weighted by Gasteiger charge is 2.28. The van der Waals surface area contributed by atoms with Gasteiger partial charge in [-0.05, 0) is 38.6 Å². The van der Waals surface area contributed by atoms with Crippen LogP contribution >= 0.6 is 0 Å². The number of carbonyl (C=O) groups is 1. The molecule has 0 aliphatic carbocycles. The van der Waals surface area contributed by atoms with Crippen molar-refractivity contribution in [3.05, 3.63) is 29.9 Å². The molecule has 3 atom stereocenters. The standard InChI is InChI=1S/C28H46N8O.C2H6/c1-6-20(3)10-8-12-23(30-21(4)7-2)25-19-36-28(31-25)32-26(35-16-14-34(5)15-17-35)24(33-36)18-22-11-9-13-29-27(22)37;1-2/h19-20,22-23,30H,4,6-18H2,1-3,5H3,(H,29,37);1-2H3. The molecule has 0 spiro atoms. The predicted octanol–water partition coefficient (Wildman–Crippen LogP) is 4.74. The molecular weight excluding hydrogens is 488 g/mol. The molecule has 2 aliphatic rings. The maximum absolute atomic E-state index is 12.6. The van der Waals surface area contributed by atoms with Crippen LogP contribution in [-0.2, 0) is 11.2 Å². The van der Waals surface area contributed by atoms with Gasteiger partial charge in [0.2, 0.25) is 5.91 Å². The van der Waals surface area contributed by atoms with Crippen LogP contribution < -0.4 is 15.5 Å². The van der Waals surface area contributed by atoms with E-state index in [1.807, 2.05) is 24.6 Å². The number of fused-ring (bicyclic) bond motifs is 1. The van der Waals surface area contributed by atoms with E-state index in [2.05, 4.69) is 54.8 Å². The topological polar surface area (TPSA) is 90.7 Å². The van der Waals surface area contributed by atoms with Gasteiger partial charge in [-0.1, -0.05) is 60.5 Å². The first kappa shape index (κ1) is 30.9. The molecule has 9 heteroatoms. The van der Waals surface area contributed by atoms with Crippen molar-refractivity contribution >= 4 is 17.5 Å². The SMILES string of the molecule is C=C(CC)NC(CCCC(C)CC)c1cn2nc(CC3CCCNC3=O)c(N3CCN(C)CC3)nc2n1.CC. The fraction of sp³-hybridized carbons (Fsp3) is 0.733. The van der Waals surface area contributed by atoms with E-state index in [9.17, 15) is 4.79 Å². The van der Waals surface area contributed by atoms with Crippen LogP contribution in [0.3, 0.4) is 0 Å². The molecule has 2 saturated heterocycles. The van der Waals surface area contributed by atoms with Gasteiger partial charge in [-0.3, -0.25) is 4.79 Å². The largest absolute Gasteiger partial charge is 0.380 e. The zero-order valence-corrected chi connectivity index (χ0v) is 25.3. The maximum Gasteiger partial charge on any atom is 0.252 e. The third kappa shape index (κ3) is 8.40. The number of allylic oxidation sites excluding steroid dienone is 1. The normalized spacial score (nSPS) is 19.7. The van der Waals surface area contributed by atoms with Gasteiger partial charge >= 0.3 is 0 Å². The lowest BCUT2D eigenvalue weighted by Gasteiger charge is -2.34. The van der Waals surface area contributed by atoms with Gasteiger partial charge in [-0.15, -0.1) is 0 Å². The smallest absolute Gasteiger partial charge is 0.252 e. The summed E-state index contributed by atoms with van der Waals surface area (Å²) in [5.74, 6) is 2.31. The number of amides is 1. The molecule has 2 aromatic heterocycles. The molecule has 0 radical (unpaired) electrons. The summed E-state index contributed by atoms with van der Waals surface area (Å²) in [5, 5.41) is 11.7. The number of piperazine rings is 1. The fourth-order valence-corrected chi connectivity index (χ4v) is 5.21. The third-order valence-corrected chi connectivity index (χ3v) is 8.07. The predicted molar refractivity (Wildman–Crippen MR) is 160 cm³/mol. The molecule has 4 heterocycles. The van der Waals surface area contributed by atoms with Crippen molar-refractivity contribution < 1.29 is 4.79 Å². The number of carbonyl (C=O) groups excluding carboxylic acids is 1. The van der Waals surface area contributed by atoms with Crippen molar-refractivity contribution in [2.75, 3.05) is 44.7 Å². The number of hydrogen-bond donors (Lipinski definition) is 2. The van der Waals surface area contributed by atoms with Crippen molar-refractivity contribution in [3.8, 4) is 0 Å². The maximum atomic E-state index is 12.6. The summed E-state index contributed by atoms with van der Waals surface area (Å²) >= 11 is 0. The van der Waals surface area contributed by atoms with Crippen LogP contribution in [0.2, 0.25) is 0 Å². The lowest BCUT2D eigenvalue weighted by atomic mass is 9.93. The molecular formula is C30H52N8O. The number of piperidine rings is 1. The van der Waals surface area contributed by atoms with E-state index in [0.29, 0.717) is 12.2 Å². The molecule has 0 bridgehead atoms. The van der Waals surface area contributed by atoms with Crippen molar-refractivity contribution in [3.63, 3.8) is 0 Å². The Labute approximate surface area is 235 Å². The second-order valence-corrected chi connectivity index (χ2v) is 11.0. The molecule has 4 rings (SSSR count). The van der Waals surface area contributed by atoms with Crippen LogP contribution in [0.25, 0.3) is 5.78 Å². The average molecular weight is 541 g/mol. The lowest BCUT2D eigenvalue weighted by Crippen LogP contribution is -2.45. The summed E-state index contributed by atoms with van der Waals surface area (Å²) in [5.41, 5.74) is 2.87. The summed E-state index contributed by atoms with van der Waals surface area (Å²) in [6, 6.07) is 0.0830. The van der Waals surface area contributed by atoms with E-state index >= 15 is 0 Å². The lowest BCUT2D eigenvalue weighted by molar-refractivity contribution is -0.126. The Balaban J connectivity index is 0.00000205. The van der Waals surface area contributed by atoms with Crippen LogP contribution in [0.15, 0.2) is 18.5 Å². The highest BCUT2D eigenvalue weighted by atomic mass is 16.1. The van der Waals surface area contributed by atoms with E-state index in [0.717, 1.165) is 93.6 Å². The Morgan fingerprint density at radius 3 is 2.59 bits per heavy atom. The first-order valence-corrected chi connectivity index (χ1v) is 15.3. The van der Waals surface area contributed by atoms with E-state index in [1.165, 1.54) is 12.8 Å². The van der Waals surface area contributed by atoms with Gasteiger partial charge in [0.05, 0.1) is 17.9 Å². The molecule has 9 nitrogen and oxygen atoms in total. The summed E-state index contributed by atoms with van der Waals surface area (Å²) < 4.78 is 1.82. The number of nitrogens with zero attached hydrogens (tertiary/aromatic N) is 6. The van der Waals surface area contributed by atoms with E-state index in [-0.39, 0.29) is 17.9 Å². The number of likely N-dealkylation sites (N-methyl/N-ethyl adjacent to an activating group) is 1. The first-order chi connectivity index (χ1) is 18.9. The second-order valence-electron chi connectivity index (χ2n) is 11.0. The highest BCUT2D eigenvalue weighted by molar-refractivity contribution is 5.79. The Bertz CT molecular complexity index is 1060. The van der Waals surface area contributed by atoms with Crippen LogP contribution in [-0.4, -0.2) is 70.2 Å². The summed E-state index contributed by atoms with van der Waals surface area (Å²) in [6.07, 6.45) is 9.95. The van der Waals surface area contributed by atoms with Crippen molar-refractivity contribution in [2.45, 2.75) is 92.0 Å². The molecule has 3 unspecified atom stereocenters. The zero-order chi connectivity index (χ0) is 28.4. The fourth-order valence-electron chi connectivity index (χ4n) is 5.21. The first-order valence-electron chi connectivity index (χ1n) is 15.3. The molecule has 2 N–H and O–H groups in total. The van der Waals surface area contributed by atoms with Crippen molar-refractivity contribution in [1.82, 2.24) is 35.1 Å². The van der Waals surface area contributed by atoms with Crippen LogP contribution in [0.1, 0.15) is 97.0 Å². The van der Waals surface area contributed by atoms with Gasteiger partial charge in [0.25, 0.3) is 5.78 Å². The van der Waals surface area contributed by atoms with Crippen molar-refractivity contribution in [2.24, 2.45) is 11.8 Å². The molecule has 218 valence electrons. The minimum atomic E-state index is -0.0578. The van der Waals surface area contributed by atoms with Gasteiger partial charge in [0.15, 0.2) is 5.82 Å². The molecule has 39 heavy (non-hydrogen) atoms. The molecule has 0 aromatic carbocycles. The van der Waals surface area contributed by atoms with Gasteiger partial charge < -0.3 is 20.4 Å². The van der Waals surface area contributed by atoms with Gasteiger partial charge in [-0.2, -0.15) is 10.1 Å². The molecule has 2 fully saturated rings. The van der Waals surface area contributed by atoms with Crippen LogP contribution in [0.5, 0.6) is 0 Å². The second kappa shape index (κ2) is 15.2. The summed E-state index contributed by atoms with van der Waals surface area (Å²) in [4.78, 5) is 27.2. The van der Waals surface area contributed by atoms with Gasteiger partial charge in [0.1, 0.15) is 5.69 Å². The average Bonchev–Trinajstić information content (AvgIpc) is 3.37. The molecule has 2 aliphatic heterocycles. The van der Waals surface area contributed by atoms with Gasteiger partial charge in [0, 0.05) is 50.8 Å². The number of aromatic nitrogens is 4. The quantitative estimate of drug-likeness (QED) is 0.402. The number of imidazole rings is 1. The van der Waals surface area contributed by atoms with E-state index in [1.54, 1.807) is 0 Å². The van der Waals surface area contributed by atoms with Crippen molar-refractivity contribution in [1.29, 1.82) is 0 Å². The number of rotatable bonds is 12. The Morgan fingerprint density at radius 2 is 1.92 bits per heavy atom. The summed E-state index contributed by atoms with van der Waals surface area (Å²) in [7, 11) is 2.15. The van der Waals surface area contributed by atoms with E-state index < -0.39 is 0 Å². The Kier molecular flexibility index (Phi) is 12.0. The molecule has 1 amide bonds. The number of anilines is 1. The highest BCUT2D eigenvalue weighted by Crippen LogP contribution is 2.27. The third-order valence-electron chi connectivity index (χ3n) is 8.07. The van der Waals surface area contributed by atoms with Crippen LogP contribution in [0.4, 0.5) is 5.82 Å². The number of nitrogens with one attached hydrogen (secondary N) is 2. The van der Waals surface area contributed by atoms with Gasteiger partial charge in [-0.25, -0.2) is 9.50 Å². The minimum absolute atomic E-state index is 0.0578. The Hall–Kier alpha value is -2.68. The molecule has 2 aromatic rings. The molecule has 0 saturated carbocycles. The minimum Gasteiger partial charge on any atom is -0.380 e. The van der Waals surface area contributed by atoms with Crippen LogP contribution in [0, 0.1) is 11.8 Å². The monoisotopic (exact) mass is 540 g/mol. The number of hydrogen-bond acceptors (Lipinski definition) is 7.